The topological polar surface area (TPSA) is 84.6 Å². The van der Waals surface area contributed by atoms with Crippen LogP contribution in [0.25, 0.3) is 0 Å². The molecule has 1 aromatic rings. The summed E-state index contributed by atoms with van der Waals surface area (Å²) in [6, 6.07) is 1.78. The molecule has 0 radical (unpaired) electrons. The Labute approximate surface area is 105 Å². The van der Waals surface area contributed by atoms with Crippen molar-refractivity contribution in [3.8, 4) is 0 Å². The third-order valence-corrected chi connectivity index (χ3v) is 3.19. The van der Waals surface area contributed by atoms with Crippen LogP contribution >= 0.6 is 11.3 Å². The number of aliphatic hydroxyl groups is 1. The Morgan fingerprint density at radius 2 is 2.47 bits per heavy atom. The van der Waals surface area contributed by atoms with E-state index >= 15 is 0 Å². The number of rotatable bonds is 8. The summed E-state index contributed by atoms with van der Waals surface area (Å²) in [6.07, 6.45) is 0.207. The molecule has 0 aliphatic carbocycles. The van der Waals surface area contributed by atoms with E-state index in [1.165, 1.54) is 11.3 Å². The van der Waals surface area contributed by atoms with Crippen molar-refractivity contribution >= 4 is 17.2 Å². The van der Waals surface area contributed by atoms with E-state index in [0.717, 1.165) is 4.88 Å². The van der Waals surface area contributed by atoms with E-state index < -0.39 is 12.0 Å². The summed E-state index contributed by atoms with van der Waals surface area (Å²) in [7, 11) is 1.56. The van der Waals surface area contributed by atoms with Crippen molar-refractivity contribution in [3.63, 3.8) is 0 Å². The number of amides is 1. The maximum atomic E-state index is 10.9. The van der Waals surface area contributed by atoms with Gasteiger partial charge in [0.1, 0.15) is 0 Å². The first-order valence-corrected chi connectivity index (χ1v) is 6.26. The lowest BCUT2D eigenvalue weighted by Crippen LogP contribution is -2.22. The molecule has 0 saturated heterocycles. The van der Waals surface area contributed by atoms with Crippen LogP contribution in [0.15, 0.2) is 11.4 Å². The second kappa shape index (κ2) is 7.39. The van der Waals surface area contributed by atoms with Gasteiger partial charge in [0.15, 0.2) is 0 Å². The molecule has 0 fully saturated rings. The number of thiophene rings is 1. The molecule has 0 bridgehead atoms. The molecule has 1 atom stereocenters. The van der Waals surface area contributed by atoms with E-state index in [1.807, 2.05) is 0 Å². The third-order valence-electron chi connectivity index (χ3n) is 2.25. The lowest BCUT2D eigenvalue weighted by Gasteiger charge is -2.09. The molecule has 4 N–H and O–H groups in total. The molecule has 5 nitrogen and oxygen atoms in total. The number of carbonyl (C=O) groups excluding carboxylic acids is 1. The first kappa shape index (κ1) is 14.1. The summed E-state index contributed by atoms with van der Waals surface area (Å²) in [5.74, 6) is -0.400. The molecular weight excluding hydrogens is 240 g/mol. The van der Waals surface area contributed by atoms with Crippen LogP contribution in [-0.2, 0) is 11.3 Å². The second-order valence-electron chi connectivity index (χ2n) is 3.74. The minimum Gasteiger partial charge on any atom is -0.391 e. The molecule has 1 unspecified atom stereocenters. The Morgan fingerprint density at radius 1 is 1.71 bits per heavy atom. The molecule has 0 saturated carbocycles. The van der Waals surface area contributed by atoms with E-state index in [1.54, 1.807) is 18.6 Å². The molecule has 0 spiro atoms. The van der Waals surface area contributed by atoms with E-state index in [4.69, 9.17) is 10.5 Å². The van der Waals surface area contributed by atoms with Crippen LogP contribution in [0.4, 0.5) is 0 Å². The maximum Gasteiger partial charge on any atom is 0.249 e. The normalized spacial score (nSPS) is 12.6. The molecule has 0 aliphatic rings. The number of hydrogen-bond donors (Lipinski definition) is 3. The number of aliphatic hydroxyl groups excluding tert-OH is 1. The average molecular weight is 258 g/mol. The maximum absolute atomic E-state index is 10.9. The highest BCUT2D eigenvalue weighted by atomic mass is 32.1. The van der Waals surface area contributed by atoms with Crippen LogP contribution in [0.5, 0.6) is 0 Å². The summed E-state index contributed by atoms with van der Waals surface area (Å²) in [5.41, 5.74) is 5.70. The van der Waals surface area contributed by atoms with Crippen LogP contribution in [-0.4, -0.2) is 37.4 Å². The first-order valence-electron chi connectivity index (χ1n) is 5.38. The van der Waals surface area contributed by atoms with E-state index in [0.29, 0.717) is 31.7 Å². The monoisotopic (exact) mass is 258 g/mol. The van der Waals surface area contributed by atoms with E-state index in [2.05, 4.69) is 5.32 Å². The Kier molecular flexibility index (Phi) is 6.13. The quantitative estimate of drug-likeness (QED) is 0.587. The Morgan fingerprint density at radius 3 is 3.06 bits per heavy atom. The fraction of sp³-hybridized carbons (Fsp3) is 0.545. The summed E-state index contributed by atoms with van der Waals surface area (Å²) in [6.45, 7) is 1.73. The Bertz CT molecular complexity index is 354. The molecule has 1 rings (SSSR count). The molecule has 6 heteroatoms. The summed E-state index contributed by atoms with van der Waals surface area (Å²) in [4.78, 5) is 11.9. The molecule has 1 aromatic heterocycles. The van der Waals surface area contributed by atoms with Gasteiger partial charge in [0, 0.05) is 23.9 Å². The summed E-state index contributed by atoms with van der Waals surface area (Å²) in [5, 5.41) is 14.3. The highest BCUT2D eigenvalue weighted by Gasteiger charge is 2.05. The summed E-state index contributed by atoms with van der Waals surface area (Å²) >= 11 is 1.50. The largest absolute Gasteiger partial charge is 0.391 e. The number of nitrogens with two attached hydrogens (primary N) is 1. The third kappa shape index (κ3) is 5.27. The van der Waals surface area contributed by atoms with Gasteiger partial charge in [-0.05, 0) is 19.0 Å². The predicted octanol–water partition coefficient (Wildman–Crippen LogP) is 0.334. The van der Waals surface area contributed by atoms with Crippen molar-refractivity contribution in [1.82, 2.24) is 5.32 Å². The van der Waals surface area contributed by atoms with Crippen LogP contribution in [0.2, 0.25) is 0 Å². The lowest BCUT2D eigenvalue weighted by molar-refractivity contribution is 0.0594. The number of nitrogens with one attached hydrogen (secondary N) is 1. The van der Waals surface area contributed by atoms with Crippen LogP contribution in [0.1, 0.15) is 21.7 Å². The van der Waals surface area contributed by atoms with Gasteiger partial charge in [-0.25, -0.2) is 0 Å². The SMILES string of the molecule is COCC(O)CCNCc1cc(C(N)=O)cs1. The van der Waals surface area contributed by atoms with Crippen molar-refractivity contribution in [3.05, 3.63) is 21.9 Å². The molecule has 0 aliphatic heterocycles. The van der Waals surface area contributed by atoms with Crippen molar-refractivity contribution in [1.29, 1.82) is 0 Å². The molecule has 17 heavy (non-hydrogen) atoms. The number of hydrogen-bond acceptors (Lipinski definition) is 5. The van der Waals surface area contributed by atoms with Gasteiger partial charge in [-0.3, -0.25) is 4.79 Å². The minimum absolute atomic E-state index is 0.354. The average Bonchev–Trinajstić information content (AvgIpc) is 2.73. The van der Waals surface area contributed by atoms with Gasteiger partial charge >= 0.3 is 0 Å². The number of methoxy groups -OCH3 is 1. The van der Waals surface area contributed by atoms with Crippen molar-refractivity contribution in [2.75, 3.05) is 20.3 Å². The smallest absolute Gasteiger partial charge is 0.249 e. The standard InChI is InChI=1S/C11H18N2O3S/c1-16-6-9(14)2-3-13-5-10-4-8(7-17-10)11(12)15/h4,7,9,13-14H,2-3,5-6H2,1H3,(H2,12,15). The number of primary amides is 1. The van der Waals surface area contributed by atoms with E-state index in [9.17, 15) is 9.90 Å². The van der Waals surface area contributed by atoms with Gasteiger partial charge in [0.2, 0.25) is 5.91 Å². The zero-order chi connectivity index (χ0) is 12.7. The second-order valence-corrected chi connectivity index (χ2v) is 4.74. The van der Waals surface area contributed by atoms with Gasteiger partial charge in [-0.2, -0.15) is 0 Å². The Balaban J connectivity index is 2.19. The highest BCUT2D eigenvalue weighted by Crippen LogP contribution is 2.13. The molecular formula is C11H18N2O3S. The van der Waals surface area contributed by atoms with Crippen molar-refractivity contribution < 1.29 is 14.6 Å². The molecule has 1 heterocycles. The van der Waals surface area contributed by atoms with Gasteiger partial charge in [0.05, 0.1) is 18.3 Å². The summed E-state index contributed by atoms with van der Waals surface area (Å²) < 4.78 is 4.82. The first-order chi connectivity index (χ1) is 8.13. The van der Waals surface area contributed by atoms with Crippen LogP contribution in [0, 0.1) is 0 Å². The fourth-order valence-corrected chi connectivity index (χ4v) is 2.20. The van der Waals surface area contributed by atoms with Crippen molar-refractivity contribution in [2.45, 2.75) is 19.1 Å². The lowest BCUT2D eigenvalue weighted by atomic mass is 10.2. The molecule has 0 aromatic carbocycles. The minimum atomic E-state index is -0.433. The van der Waals surface area contributed by atoms with Gasteiger partial charge < -0.3 is 20.9 Å². The number of ether oxygens (including phenoxy) is 1. The van der Waals surface area contributed by atoms with E-state index in [-0.39, 0.29) is 0 Å². The van der Waals surface area contributed by atoms with Gasteiger partial charge in [-0.15, -0.1) is 11.3 Å². The zero-order valence-electron chi connectivity index (χ0n) is 9.81. The zero-order valence-corrected chi connectivity index (χ0v) is 10.6. The van der Waals surface area contributed by atoms with Crippen LogP contribution in [0.3, 0.4) is 0 Å². The molecule has 96 valence electrons. The number of carbonyl (C=O) groups is 1. The van der Waals surface area contributed by atoms with Crippen molar-refractivity contribution in [2.24, 2.45) is 5.73 Å². The highest BCUT2D eigenvalue weighted by molar-refractivity contribution is 7.10. The van der Waals surface area contributed by atoms with Crippen LogP contribution < -0.4 is 11.1 Å². The molecule has 1 amide bonds. The predicted molar refractivity (Wildman–Crippen MR) is 67.0 cm³/mol. The Hall–Kier alpha value is -0.950. The van der Waals surface area contributed by atoms with Gasteiger partial charge in [0.25, 0.3) is 0 Å². The fourth-order valence-electron chi connectivity index (χ4n) is 1.36. The van der Waals surface area contributed by atoms with Gasteiger partial charge in [-0.1, -0.05) is 0 Å².